The van der Waals surface area contributed by atoms with Gasteiger partial charge in [-0.2, -0.15) is 0 Å². The summed E-state index contributed by atoms with van der Waals surface area (Å²) < 4.78 is 10.8. The number of fused-ring (bicyclic) bond motifs is 1. The van der Waals surface area contributed by atoms with Gasteiger partial charge >= 0.3 is 0 Å². The molecule has 0 spiro atoms. The molecule has 1 aromatic rings. The largest absolute Gasteiger partial charge is 0.454 e. The minimum absolute atomic E-state index is 0.111. The molecule has 0 amide bonds. The molecule has 4 nitrogen and oxygen atoms in total. The summed E-state index contributed by atoms with van der Waals surface area (Å²) in [5.41, 5.74) is 7.05. The van der Waals surface area contributed by atoms with Crippen LogP contribution in [0.1, 0.15) is 32.4 Å². The van der Waals surface area contributed by atoms with Gasteiger partial charge in [0.05, 0.1) is 5.02 Å². The van der Waals surface area contributed by atoms with Crippen molar-refractivity contribution in [2.24, 2.45) is 11.7 Å². The van der Waals surface area contributed by atoms with E-state index in [1.807, 2.05) is 12.1 Å². The summed E-state index contributed by atoms with van der Waals surface area (Å²) in [4.78, 5) is 2.29. The number of hydrogen-bond acceptors (Lipinski definition) is 4. The van der Waals surface area contributed by atoms with Crippen LogP contribution in [0.4, 0.5) is 0 Å². The maximum Gasteiger partial charge on any atom is 0.231 e. The zero-order chi connectivity index (χ0) is 14.9. The monoisotopic (exact) mass is 298 g/mol. The summed E-state index contributed by atoms with van der Waals surface area (Å²) in [6.07, 6.45) is 0. The zero-order valence-electron chi connectivity index (χ0n) is 12.5. The predicted molar refractivity (Wildman–Crippen MR) is 81.4 cm³/mol. The Morgan fingerprint density at radius 3 is 2.60 bits per heavy atom. The second-order valence-electron chi connectivity index (χ2n) is 5.64. The molecule has 20 heavy (non-hydrogen) atoms. The first-order chi connectivity index (χ1) is 9.45. The molecule has 1 aromatic carbocycles. The van der Waals surface area contributed by atoms with Crippen molar-refractivity contribution >= 4 is 11.6 Å². The van der Waals surface area contributed by atoms with E-state index in [2.05, 4.69) is 32.7 Å². The normalized spacial score (nSPS) is 16.8. The molecule has 0 fully saturated rings. The van der Waals surface area contributed by atoms with Crippen LogP contribution in [0.25, 0.3) is 0 Å². The van der Waals surface area contributed by atoms with Gasteiger partial charge in [0.2, 0.25) is 6.79 Å². The summed E-state index contributed by atoms with van der Waals surface area (Å²) >= 11 is 6.26. The quantitative estimate of drug-likeness (QED) is 0.907. The number of ether oxygens (including phenoxy) is 2. The molecule has 2 atom stereocenters. The van der Waals surface area contributed by atoms with Crippen LogP contribution in [-0.2, 0) is 0 Å². The lowest BCUT2D eigenvalue weighted by atomic mass is 9.99. The van der Waals surface area contributed by atoms with Crippen molar-refractivity contribution in [2.45, 2.75) is 32.9 Å². The summed E-state index contributed by atoms with van der Waals surface area (Å²) in [7, 11) is 2.10. The van der Waals surface area contributed by atoms with Gasteiger partial charge in [-0.05, 0) is 37.6 Å². The third-order valence-electron chi connectivity index (χ3n) is 4.16. The second-order valence-corrected chi connectivity index (χ2v) is 6.05. The third kappa shape index (κ3) is 2.87. The highest BCUT2D eigenvalue weighted by Crippen LogP contribution is 2.41. The van der Waals surface area contributed by atoms with Crippen LogP contribution in [0.15, 0.2) is 12.1 Å². The fraction of sp³-hybridized carbons (Fsp3) is 0.600. The molecule has 0 saturated heterocycles. The number of rotatable bonds is 5. The lowest BCUT2D eigenvalue weighted by molar-refractivity contribution is 0.151. The van der Waals surface area contributed by atoms with E-state index in [4.69, 9.17) is 26.8 Å². The number of nitrogens with zero attached hydrogens (tertiary/aromatic N) is 1. The first-order valence-corrected chi connectivity index (χ1v) is 7.34. The molecule has 0 bridgehead atoms. The van der Waals surface area contributed by atoms with Gasteiger partial charge in [-0.3, -0.25) is 4.90 Å². The Bertz CT molecular complexity index is 479. The average Bonchev–Trinajstić information content (AvgIpc) is 2.87. The fourth-order valence-electron chi connectivity index (χ4n) is 2.47. The Kier molecular flexibility index (Phi) is 4.78. The number of halogens is 1. The molecule has 112 valence electrons. The van der Waals surface area contributed by atoms with Crippen molar-refractivity contribution in [3.05, 3.63) is 22.7 Å². The molecule has 1 aliphatic heterocycles. The molecule has 5 heteroatoms. The highest BCUT2D eigenvalue weighted by molar-refractivity contribution is 6.32. The first kappa shape index (κ1) is 15.4. The minimum Gasteiger partial charge on any atom is -0.454 e. The molecule has 0 aromatic heterocycles. The van der Waals surface area contributed by atoms with Crippen molar-refractivity contribution in [1.82, 2.24) is 4.90 Å². The van der Waals surface area contributed by atoms with E-state index >= 15 is 0 Å². The van der Waals surface area contributed by atoms with E-state index in [0.29, 0.717) is 35.0 Å². The van der Waals surface area contributed by atoms with Gasteiger partial charge in [-0.1, -0.05) is 25.4 Å². The number of benzene rings is 1. The fourth-order valence-corrected chi connectivity index (χ4v) is 2.74. The van der Waals surface area contributed by atoms with Crippen LogP contribution >= 0.6 is 11.6 Å². The molecule has 0 radical (unpaired) electrons. The van der Waals surface area contributed by atoms with E-state index in [0.717, 1.165) is 5.56 Å². The van der Waals surface area contributed by atoms with Crippen LogP contribution in [0.5, 0.6) is 11.5 Å². The van der Waals surface area contributed by atoms with Gasteiger partial charge in [0, 0.05) is 18.6 Å². The maximum absolute atomic E-state index is 6.26. The van der Waals surface area contributed by atoms with Gasteiger partial charge in [0.25, 0.3) is 0 Å². The van der Waals surface area contributed by atoms with Gasteiger partial charge in [0.1, 0.15) is 0 Å². The summed E-state index contributed by atoms with van der Waals surface area (Å²) in [5.74, 6) is 1.89. The Labute approximate surface area is 125 Å². The molecule has 2 rings (SSSR count). The van der Waals surface area contributed by atoms with Crippen molar-refractivity contribution in [3.63, 3.8) is 0 Å². The van der Waals surface area contributed by atoms with E-state index in [1.54, 1.807) is 0 Å². The molecule has 2 N–H and O–H groups in total. The molecular weight excluding hydrogens is 276 g/mol. The van der Waals surface area contributed by atoms with Crippen LogP contribution in [0.3, 0.4) is 0 Å². The molecule has 2 unspecified atom stereocenters. The van der Waals surface area contributed by atoms with Gasteiger partial charge in [-0.15, -0.1) is 0 Å². The molecular formula is C15H23ClN2O2. The zero-order valence-corrected chi connectivity index (χ0v) is 13.3. The summed E-state index contributed by atoms with van der Waals surface area (Å²) in [5, 5.41) is 0.582. The second kappa shape index (κ2) is 6.20. The van der Waals surface area contributed by atoms with E-state index < -0.39 is 0 Å². The maximum atomic E-state index is 6.26. The molecule has 1 heterocycles. The van der Waals surface area contributed by atoms with Crippen LogP contribution in [0, 0.1) is 5.92 Å². The SMILES string of the molecule is CC(C)C(C)N(C)C(CN)c1cc(Cl)c2c(c1)OCO2. The Balaban J connectivity index is 2.30. The van der Waals surface area contributed by atoms with Gasteiger partial charge in [-0.25, -0.2) is 0 Å². The van der Waals surface area contributed by atoms with Crippen LogP contribution < -0.4 is 15.2 Å². The molecule has 0 aliphatic carbocycles. The number of likely N-dealkylation sites (N-methyl/N-ethyl adjacent to an activating group) is 1. The lowest BCUT2D eigenvalue weighted by Crippen LogP contribution is -2.39. The summed E-state index contributed by atoms with van der Waals surface area (Å²) in [6, 6.07) is 4.44. The van der Waals surface area contributed by atoms with Crippen molar-refractivity contribution < 1.29 is 9.47 Å². The van der Waals surface area contributed by atoms with Crippen molar-refractivity contribution in [2.75, 3.05) is 20.4 Å². The smallest absolute Gasteiger partial charge is 0.231 e. The minimum atomic E-state index is 0.111. The van der Waals surface area contributed by atoms with Crippen LogP contribution in [0.2, 0.25) is 5.02 Å². The topological polar surface area (TPSA) is 47.7 Å². The van der Waals surface area contributed by atoms with Crippen molar-refractivity contribution in [3.8, 4) is 11.5 Å². The van der Waals surface area contributed by atoms with E-state index in [9.17, 15) is 0 Å². The Morgan fingerprint density at radius 2 is 2.00 bits per heavy atom. The Morgan fingerprint density at radius 1 is 1.30 bits per heavy atom. The molecule has 1 aliphatic rings. The third-order valence-corrected chi connectivity index (χ3v) is 4.44. The Hall–Kier alpha value is -0.970. The van der Waals surface area contributed by atoms with Gasteiger partial charge in [0.15, 0.2) is 11.5 Å². The summed E-state index contributed by atoms with van der Waals surface area (Å²) in [6.45, 7) is 7.39. The van der Waals surface area contributed by atoms with E-state index in [-0.39, 0.29) is 12.8 Å². The molecule has 0 saturated carbocycles. The van der Waals surface area contributed by atoms with Gasteiger partial charge < -0.3 is 15.2 Å². The predicted octanol–water partition coefficient (Wildman–Crippen LogP) is 3.04. The standard InChI is InChI=1S/C15H23ClN2O2/c1-9(2)10(3)18(4)13(7-17)11-5-12(16)15-14(6-11)19-8-20-15/h5-6,9-10,13H,7-8,17H2,1-4H3. The average molecular weight is 299 g/mol. The number of hydrogen-bond donors (Lipinski definition) is 1. The lowest BCUT2D eigenvalue weighted by Gasteiger charge is -2.35. The first-order valence-electron chi connectivity index (χ1n) is 6.96. The highest BCUT2D eigenvalue weighted by atomic mass is 35.5. The van der Waals surface area contributed by atoms with Crippen molar-refractivity contribution in [1.29, 1.82) is 0 Å². The number of nitrogens with two attached hydrogens (primary N) is 1. The van der Waals surface area contributed by atoms with Crippen LogP contribution in [-0.4, -0.2) is 31.3 Å². The van der Waals surface area contributed by atoms with E-state index in [1.165, 1.54) is 0 Å². The highest BCUT2D eigenvalue weighted by Gasteiger charge is 2.26.